The summed E-state index contributed by atoms with van der Waals surface area (Å²) in [6.07, 6.45) is 2.86. The minimum Gasteiger partial charge on any atom is -0.325 e. The van der Waals surface area contributed by atoms with Gasteiger partial charge in [0.25, 0.3) is 9.05 Å². The van der Waals surface area contributed by atoms with Crippen molar-refractivity contribution in [1.29, 1.82) is 0 Å². The zero-order valence-electron chi connectivity index (χ0n) is 11.7. The van der Waals surface area contributed by atoms with Gasteiger partial charge in [-0.05, 0) is 43.0 Å². The Hall–Kier alpha value is -0.780. The van der Waals surface area contributed by atoms with Crippen LogP contribution in [0.5, 0.6) is 0 Å². The van der Waals surface area contributed by atoms with Crippen LogP contribution >= 0.6 is 22.3 Å². The van der Waals surface area contributed by atoms with Gasteiger partial charge in [-0.25, -0.2) is 8.42 Å². The number of nitrogens with one attached hydrogen (secondary N) is 1. The summed E-state index contributed by atoms with van der Waals surface area (Å²) >= 11 is 5.70. The van der Waals surface area contributed by atoms with Gasteiger partial charge < -0.3 is 5.32 Å². The largest absolute Gasteiger partial charge is 0.325 e. The molecule has 4 nitrogen and oxygen atoms in total. The molecule has 0 radical (unpaired) electrons. The SMILES string of the molecule is CCC1(CCCCCl)C(=O)Nc2ccc(S(=O)(=O)Cl)cc21. The van der Waals surface area contributed by atoms with Gasteiger partial charge in [0.15, 0.2) is 0 Å². The van der Waals surface area contributed by atoms with Gasteiger partial charge in [0.1, 0.15) is 0 Å². The lowest BCUT2D eigenvalue weighted by molar-refractivity contribution is -0.121. The highest BCUT2D eigenvalue weighted by Crippen LogP contribution is 2.44. The Balaban J connectivity index is 2.48. The number of halogens is 2. The molecule has 1 heterocycles. The van der Waals surface area contributed by atoms with Crippen LogP contribution in [0.3, 0.4) is 0 Å². The highest BCUT2D eigenvalue weighted by Gasteiger charge is 2.45. The molecule has 1 N–H and O–H groups in total. The molecule has 0 aliphatic carbocycles. The molecule has 1 amide bonds. The standard InChI is InChI=1S/C14H17Cl2NO3S/c1-2-14(7-3-4-8-15)11-9-10(21(16,19)20)5-6-12(11)17-13(14)18/h5-6,9H,2-4,7-8H2,1H3,(H,17,18). The molecule has 0 saturated heterocycles. The van der Waals surface area contributed by atoms with Crippen molar-refractivity contribution in [2.24, 2.45) is 0 Å². The summed E-state index contributed by atoms with van der Waals surface area (Å²) in [4.78, 5) is 12.4. The highest BCUT2D eigenvalue weighted by atomic mass is 35.7. The van der Waals surface area contributed by atoms with Crippen molar-refractivity contribution in [2.75, 3.05) is 11.2 Å². The van der Waals surface area contributed by atoms with E-state index in [9.17, 15) is 13.2 Å². The van der Waals surface area contributed by atoms with Gasteiger partial charge in [-0.15, -0.1) is 11.6 Å². The number of amides is 1. The third kappa shape index (κ3) is 3.05. The zero-order chi connectivity index (χ0) is 15.7. The molecule has 1 atom stereocenters. The Labute approximate surface area is 134 Å². The van der Waals surface area contributed by atoms with Crippen LogP contribution in [-0.2, 0) is 19.3 Å². The van der Waals surface area contributed by atoms with Crippen LogP contribution in [0.2, 0.25) is 0 Å². The van der Waals surface area contributed by atoms with Crippen molar-refractivity contribution in [1.82, 2.24) is 0 Å². The number of benzene rings is 1. The normalized spacial score (nSPS) is 21.2. The zero-order valence-corrected chi connectivity index (χ0v) is 14.0. The fourth-order valence-corrected chi connectivity index (χ4v) is 3.81. The fourth-order valence-electron chi connectivity index (χ4n) is 2.84. The summed E-state index contributed by atoms with van der Waals surface area (Å²) in [6, 6.07) is 4.52. The molecule has 2 rings (SSSR count). The topological polar surface area (TPSA) is 63.2 Å². The number of alkyl halides is 1. The molecule has 1 aromatic rings. The van der Waals surface area contributed by atoms with Gasteiger partial charge in [-0.2, -0.15) is 0 Å². The third-order valence-electron chi connectivity index (χ3n) is 4.06. The van der Waals surface area contributed by atoms with Crippen LogP contribution in [0.15, 0.2) is 23.1 Å². The molecule has 116 valence electrons. The molecule has 7 heteroatoms. The molecule has 0 saturated carbocycles. The number of anilines is 1. The summed E-state index contributed by atoms with van der Waals surface area (Å²) in [6.45, 7) is 1.93. The van der Waals surface area contributed by atoms with E-state index in [1.807, 2.05) is 6.92 Å². The summed E-state index contributed by atoms with van der Waals surface area (Å²) in [5.41, 5.74) is 0.682. The van der Waals surface area contributed by atoms with Gasteiger partial charge >= 0.3 is 0 Å². The van der Waals surface area contributed by atoms with Gasteiger partial charge in [0.2, 0.25) is 5.91 Å². The van der Waals surface area contributed by atoms with Crippen molar-refractivity contribution < 1.29 is 13.2 Å². The van der Waals surface area contributed by atoms with E-state index in [2.05, 4.69) is 5.32 Å². The second kappa shape index (κ2) is 6.15. The van der Waals surface area contributed by atoms with Crippen LogP contribution in [-0.4, -0.2) is 20.2 Å². The first-order chi connectivity index (χ1) is 9.85. The average Bonchev–Trinajstić information content (AvgIpc) is 2.70. The number of carbonyl (C=O) groups is 1. The molecule has 1 aliphatic rings. The Kier molecular flexibility index (Phi) is 4.85. The molecule has 1 unspecified atom stereocenters. The van der Waals surface area contributed by atoms with E-state index in [1.165, 1.54) is 12.1 Å². The molecule has 0 spiro atoms. The number of carbonyl (C=O) groups excluding carboxylic acids is 1. The van der Waals surface area contributed by atoms with E-state index >= 15 is 0 Å². The molecule has 21 heavy (non-hydrogen) atoms. The first-order valence-corrected chi connectivity index (χ1v) is 9.66. The number of hydrogen-bond donors (Lipinski definition) is 1. The fraction of sp³-hybridized carbons (Fsp3) is 0.500. The number of fused-ring (bicyclic) bond motifs is 1. The van der Waals surface area contributed by atoms with E-state index < -0.39 is 14.5 Å². The number of unbranched alkanes of at least 4 members (excludes halogenated alkanes) is 1. The number of hydrogen-bond acceptors (Lipinski definition) is 3. The molecular formula is C14H17Cl2NO3S. The molecule has 1 aromatic carbocycles. The molecule has 0 fully saturated rings. The van der Waals surface area contributed by atoms with Crippen LogP contribution in [0.1, 0.15) is 38.2 Å². The summed E-state index contributed by atoms with van der Waals surface area (Å²) in [5, 5.41) is 2.83. The Bertz CT molecular complexity index is 660. The summed E-state index contributed by atoms with van der Waals surface area (Å²) in [5.74, 6) is 0.461. The van der Waals surface area contributed by atoms with E-state index in [-0.39, 0.29) is 10.8 Å². The van der Waals surface area contributed by atoms with Crippen molar-refractivity contribution in [3.63, 3.8) is 0 Å². The van der Waals surface area contributed by atoms with Crippen molar-refractivity contribution in [3.8, 4) is 0 Å². The van der Waals surface area contributed by atoms with Crippen molar-refractivity contribution in [2.45, 2.75) is 42.9 Å². The Morgan fingerprint density at radius 1 is 1.29 bits per heavy atom. The molecule has 0 aromatic heterocycles. The van der Waals surface area contributed by atoms with E-state index in [4.69, 9.17) is 22.3 Å². The quantitative estimate of drug-likeness (QED) is 0.484. The monoisotopic (exact) mass is 349 g/mol. The molecule has 1 aliphatic heterocycles. The first-order valence-electron chi connectivity index (χ1n) is 6.82. The highest BCUT2D eigenvalue weighted by molar-refractivity contribution is 8.13. The van der Waals surface area contributed by atoms with Crippen LogP contribution in [0.4, 0.5) is 5.69 Å². The van der Waals surface area contributed by atoms with Crippen LogP contribution in [0.25, 0.3) is 0 Å². The number of rotatable bonds is 6. The second-order valence-corrected chi connectivity index (χ2v) is 8.13. The maximum Gasteiger partial charge on any atom is 0.261 e. The molecule has 0 bridgehead atoms. The lowest BCUT2D eigenvalue weighted by atomic mass is 9.75. The van der Waals surface area contributed by atoms with Gasteiger partial charge in [0.05, 0.1) is 10.3 Å². The van der Waals surface area contributed by atoms with E-state index in [0.29, 0.717) is 30.0 Å². The average molecular weight is 350 g/mol. The smallest absolute Gasteiger partial charge is 0.261 e. The summed E-state index contributed by atoms with van der Waals surface area (Å²) < 4.78 is 23.0. The van der Waals surface area contributed by atoms with Crippen LogP contribution < -0.4 is 5.32 Å². The Morgan fingerprint density at radius 2 is 2.00 bits per heavy atom. The lowest BCUT2D eigenvalue weighted by Crippen LogP contribution is -2.33. The Morgan fingerprint density at radius 3 is 2.57 bits per heavy atom. The first kappa shape index (κ1) is 16.6. The predicted molar refractivity (Wildman–Crippen MR) is 84.7 cm³/mol. The van der Waals surface area contributed by atoms with Gasteiger partial charge in [-0.1, -0.05) is 13.3 Å². The third-order valence-corrected chi connectivity index (χ3v) is 5.68. The second-order valence-electron chi connectivity index (χ2n) is 5.18. The van der Waals surface area contributed by atoms with Gasteiger partial charge in [-0.3, -0.25) is 4.79 Å². The predicted octanol–water partition coefficient (Wildman–Crippen LogP) is 3.62. The van der Waals surface area contributed by atoms with Crippen molar-refractivity contribution >= 4 is 42.9 Å². The van der Waals surface area contributed by atoms with Crippen LogP contribution in [0, 0.1) is 0 Å². The minimum atomic E-state index is -3.81. The van der Waals surface area contributed by atoms with E-state index in [0.717, 1.165) is 12.8 Å². The summed E-state index contributed by atoms with van der Waals surface area (Å²) in [7, 11) is 1.60. The van der Waals surface area contributed by atoms with Gasteiger partial charge in [0, 0.05) is 22.2 Å². The minimum absolute atomic E-state index is 0.0228. The maximum absolute atomic E-state index is 12.4. The van der Waals surface area contributed by atoms with Crippen molar-refractivity contribution in [3.05, 3.63) is 23.8 Å². The maximum atomic E-state index is 12.4. The molecular weight excluding hydrogens is 333 g/mol. The van der Waals surface area contributed by atoms with E-state index in [1.54, 1.807) is 6.07 Å². The lowest BCUT2D eigenvalue weighted by Gasteiger charge is -2.26.